The zero-order valence-electron chi connectivity index (χ0n) is 11.5. The van der Waals surface area contributed by atoms with E-state index < -0.39 is 17.9 Å². The third kappa shape index (κ3) is 3.61. The molecule has 1 unspecified atom stereocenters. The van der Waals surface area contributed by atoms with Crippen LogP contribution in [0.1, 0.15) is 10.4 Å². The van der Waals surface area contributed by atoms with Crippen LogP contribution in [-0.4, -0.2) is 51.0 Å². The Bertz CT molecular complexity index is 465. The Morgan fingerprint density at radius 2 is 1.75 bits per heavy atom. The number of hydrogen-bond donors (Lipinski definition) is 2. The molecule has 0 heterocycles. The third-order valence-electron chi connectivity index (χ3n) is 2.59. The van der Waals surface area contributed by atoms with Crippen molar-refractivity contribution in [3.8, 4) is 11.5 Å². The summed E-state index contributed by atoms with van der Waals surface area (Å²) in [5.41, 5.74) is 0.139. The lowest BCUT2D eigenvalue weighted by Gasteiger charge is -2.16. The standard InChI is InChI=1S/C13H17NO6/c1-18-7-8(13(16)17)14-12(15)11-9(19-2)5-4-6-10(11)20-3/h4-6,8H,7H2,1-3H3,(H,14,15)(H,16,17). The van der Waals surface area contributed by atoms with Crippen molar-refractivity contribution in [3.05, 3.63) is 23.8 Å². The minimum Gasteiger partial charge on any atom is -0.496 e. The van der Waals surface area contributed by atoms with Crippen LogP contribution in [0, 0.1) is 0 Å². The predicted molar refractivity (Wildman–Crippen MR) is 70.3 cm³/mol. The highest BCUT2D eigenvalue weighted by Gasteiger charge is 2.24. The maximum Gasteiger partial charge on any atom is 0.328 e. The molecule has 7 nitrogen and oxygen atoms in total. The summed E-state index contributed by atoms with van der Waals surface area (Å²) in [6, 6.07) is 3.69. The number of rotatable bonds is 7. The van der Waals surface area contributed by atoms with Crippen molar-refractivity contribution in [2.45, 2.75) is 6.04 Å². The van der Waals surface area contributed by atoms with Gasteiger partial charge >= 0.3 is 5.97 Å². The molecule has 0 aliphatic rings. The zero-order valence-corrected chi connectivity index (χ0v) is 11.5. The molecule has 1 aromatic rings. The zero-order chi connectivity index (χ0) is 15.1. The van der Waals surface area contributed by atoms with Gasteiger partial charge in [-0.05, 0) is 12.1 Å². The number of hydrogen-bond acceptors (Lipinski definition) is 5. The first-order valence-electron chi connectivity index (χ1n) is 5.78. The van der Waals surface area contributed by atoms with Gasteiger partial charge in [0.2, 0.25) is 0 Å². The van der Waals surface area contributed by atoms with E-state index in [2.05, 4.69) is 5.32 Å². The normalized spacial score (nSPS) is 11.6. The SMILES string of the molecule is COCC(NC(=O)c1c(OC)cccc1OC)C(=O)O. The van der Waals surface area contributed by atoms with E-state index in [-0.39, 0.29) is 12.2 Å². The van der Waals surface area contributed by atoms with Crippen molar-refractivity contribution < 1.29 is 28.9 Å². The molecule has 0 aromatic heterocycles. The highest BCUT2D eigenvalue weighted by molar-refractivity contribution is 6.01. The molecule has 1 rings (SSSR count). The Morgan fingerprint density at radius 1 is 1.20 bits per heavy atom. The second kappa shape index (κ2) is 7.34. The molecule has 0 aliphatic carbocycles. The molecular weight excluding hydrogens is 266 g/mol. The lowest BCUT2D eigenvalue weighted by molar-refractivity contribution is -0.140. The third-order valence-corrected chi connectivity index (χ3v) is 2.59. The quantitative estimate of drug-likeness (QED) is 0.758. The molecule has 20 heavy (non-hydrogen) atoms. The molecule has 0 saturated carbocycles. The fraction of sp³-hybridized carbons (Fsp3) is 0.385. The second-order valence-corrected chi connectivity index (χ2v) is 3.86. The lowest BCUT2D eigenvalue weighted by atomic mass is 10.1. The van der Waals surface area contributed by atoms with Gasteiger partial charge in [0.25, 0.3) is 5.91 Å². The number of benzene rings is 1. The van der Waals surface area contributed by atoms with Gasteiger partial charge in [0.05, 0.1) is 20.8 Å². The minimum atomic E-state index is -1.19. The van der Waals surface area contributed by atoms with Gasteiger partial charge in [-0.15, -0.1) is 0 Å². The topological polar surface area (TPSA) is 94.1 Å². The van der Waals surface area contributed by atoms with Crippen molar-refractivity contribution >= 4 is 11.9 Å². The van der Waals surface area contributed by atoms with E-state index in [1.54, 1.807) is 18.2 Å². The van der Waals surface area contributed by atoms with Crippen LogP contribution in [0.2, 0.25) is 0 Å². The molecule has 1 aromatic carbocycles. The monoisotopic (exact) mass is 283 g/mol. The molecule has 0 aliphatic heterocycles. The van der Waals surface area contributed by atoms with Gasteiger partial charge in [-0.1, -0.05) is 6.07 Å². The summed E-state index contributed by atoms with van der Waals surface area (Å²) >= 11 is 0. The molecule has 0 radical (unpaired) electrons. The molecule has 0 saturated heterocycles. The molecule has 2 N–H and O–H groups in total. The Morgan fingerprint density at radius 3 is 2.15 bits per heavy atom. The van der Waals surface area contributed by atoms with E-state index in [0.717, 1.165) is 0 Å². The Hall–Kier alpha value is -2.28. The van der Waals surface area contributed by atoms with Crippen molar-refractivity contribution in [2.75, 3.05) is 27.9 Å². The molecule has 0 fully saturated rings. The maximum absolute atomic E-state index is 12.2. The smallest absolute Gasteiger partial charge is 0.328 e. The minimum absolute atomic E-state index is 0.139. The average Bonchev–Trinajstić information content (AvgIpc) is 2.45. The highest BCUT2D eigenvalue weighted by atomic mass is 16.5. The Kier molecular flexibility index (Phi) is 5.79. The molecule has 1 amide bonds. The van der Waals surface area contributed by atoms with E-state index in [9.17, 15) is 9.59 Å². The van der Waals surface area contributed by atoms with Crippen molar-refractivity contribution in [1.82, 2.24) is 5.32 Å². The van der Waals surface area contributed by atoms with Gasteiger partial charge in [-0.3, -0.25) is 4.79 Å². The van der Waals surface area contributed by atoms with Crippen LogP contribution in [0.5, 0.6) is 11.5 Å². The van der Waals surface area contributed by atoms with Crippen molar-refractivity contribution in [3.63, 3.8) is 0 Å². The fourth-order valence-electron chi connectivity index (χ4n) is 1.65. The molecule has 110 valence electrons. The summed E-state index contributed by atoms with van der Waals surface area (Å²) in [6.07, 6.45) is 0. The first kappa shape index (κ1) is 15.8. The summed E-state index contributed by atoms with van der Waals surface area (Å²) in [5, 5.41) is 11.4. The van der Waals surface area contributed by atoms with Crippen molar-refractivity contribution in [2.24, 2.45) is 0 Å². The second-order valence-electron chi connectivity index (χ2n) is 3.86. The molecule has 0 spiro atoms. The molecule has 0 bridgehead atoms. The van der Waals surface area contributed by atoms with E-state index in [4.69, 9.17) is 19.3 Å². The summed E-state index contributed by atoms with van der Waals surface area (Å²) in [6.45, 7) is -0.140. The van der Waals surface area contributed by atoms with Crippen LogP contribution in [0.3, 0.4) is 0 Å². The van der Waals surface area contributed by atoms with E-state index >= 15 is 0 Å². The number of methoxy groups -OCH3 is 3. The number of carboxylic acids is 1. The van der Waals surface area contributed by atoms with Crippen LogP contribution in [-0.2, 0) is 9.53 Å². The predicted octanol–water partition coefficient (Wildman–Crippen LogP) is 0.533. The van der Waals surface area contributed by atoms with Gasteiger partial charge in [-0.2, -0.15) is 0 Å². The molecular formula is C13H17NO6. The van der Waals surface area contributed by atoms with Crippen molar-refractivity contribution in [1.29, 1.82) is 0 Å². The number of aliphatic carboxylic acids is 1. The summed E-state index contributed by atoms with van der Waals surface area (Å²) in [4.78, 5) is 23.2. The van der Waals surface area contributed by atoms with Gasteiger partial charge < -0.3 is 24.6 Å². The van der Waals surface area contributed by atoms with Gasteiger partial charge in [-0.25, -0.2) is 4.79 Å². The van der Waals surface area contributed by atoms with Gasteiger partial charge in [0, 0.05) is 7.11 Å². The average molecular weight is 283 g/mol. The summed E-state index contributed by atoms with van der Waals surface area (Å²) in [5.74, 6) is -1.20. The van der Waals surface area contributed by atoms with Crippen LogP contribution in [0.4, 0.5) is 0 Å². The van der Waals surface area contributed by atoms with Crippen LogP contribution < -0.4 is 14.8 Å². The summed E-state index contributed by atoms with van der Waals surface area (Å²) < 4.78 is 14.9. The Labute approximate surface area is 116 Å². The van der Waals surface area contributed by atoms with E-state index in [0.29, 0.717) is 11.5 Å². The van der Waals surface area contributed by atoms with Crippen LogP contribution in [0.15, 0.2) is 18.2 Å². The maximum atomic E-state index is 12.2. The largest absolute Gasteiger partial charge is 0.496 e. The number of carbonyl (C=O) groups excluding carboxylic acids is 1. The number of amides is 1. The molecule has 1 atom stereocenters. The Balaban J connectivity index is 3.04. The number of carbonyl (C=O) groups is 2. The van der Waals surface area contributed by atoms with E-state index in [1.165, 1.54) is 21.3 Å². The van der Waals surface area contributed by atoms with E-state index in [1.807, 2.05) is 0 Å². The van der Waals surface area contributed by atoms with Crippen LogP contribution in [0.25, 0.3) is 0 Å². The summed E-state index contributed by atoms with van der Waals surface area (Å²) in [7, 11) is 4.18. The first-order chi connectivity index (χ1) is 9.54. The molecule has 7 heteroatoms. The number of nitrogens with one attached hydrogen (secondary N) is 1. The fourth-order valence-corrected chi connectivity index (χ4v) is 1.65. The van der Waals surface area contributed by atoms with Crippen LogP contribution >= 0.6 is 0 Å². The number of carboxylic acid groups (broad SMARTS) is 1. The van der Waals surface area contributed by atoms with Gasteiger partial charge in [0.1, 0.15) is 17.1 Å². The first-order valence-corrected chi connectivity index (χ1v) is 5.78. The lowest BCUT2D eigenvalue weighted by Crippen LogP contribution is -2.44. The van der Waals surface area contributed by atoms with Gasteiger partial charge in [0.15, 0.2) is 6.04 Å². The number of ether oxygens (including phenoxy) is 3. The highest BCUT2D eigenvalue weighted by Crippen LogP contribution is 2.28.